The maximum absolute atomic E-state index is 10.8. The largest absolute Gasteiger partial charge is 0.457 e. The molecule has 0 unspecified atom stereocenters. The topological polar surface area (TPSA) is 67.0 Å². The van der Waals surface area contributed by atoms with E-state index in [2.05, 4.69) is 21.4 Å². The summed E-state index contributed by atoms with van der Waals surface area (Å²) in [5.41, 5.74) is 3.60. The third-order valence-electron chi connectivity index (χ3n) is 3.87. The Morgan fingerprint density at radius 3 is 2.96 bits per heavy atom. The number of benzene rings is 2. The number of nitrogens with zero attached hydrogens (tertiary/aromatic N) is 1. The monoisotopic (exact) mass is 317 g/mol. The van der Waals surface area contributed by atoms with Crippen molar-refractivity contribution in [3.8, 4) is 22.9 Å². The van der Waals surface area contributed by atoms with Crippen LogP contribution in [0.5, 0.6) is 11.5 Å². The first-order valence-corrected chi connectivity index (χ1v) is 7.64. The molecule has 0 saturated heterocycles. The van der Waals surface area contributed by atoms with Crippen LogP contribution in [0.1, 0.15) is 21.6 Å². The van der Waals surface area contributed by atoms with Crippen LogP contribution in [-0.4, -0.2) is 16.3 Å². The lowest BCUT2D eigenvalue weighted by molar-refractivity contribution is 0.111. The number of rotatable bonds is 4. The fourth-order valence-corrected chi connectivity index (χ4v) is 2.71. The minimum atomic E-state index is 0.450. The van der Waals surface area contributed by atoms with E-state index in [0.29, 0.717) is 11.5 Å². The molecule has 2 heterocycles. The number of hydrogen-bond acceptors (Lipinski definition) is 4. The van der Waals surface area contributed by atoms with Gasteiger partial charge in [-0.25, -0.2) is 4.98 Å². The number of aldehydes is 1. The van der Waals surface area contributed by atoms with Gasteiger partial charge in [-0.05, 0) is 36.0 Å². The number of aromatic nitrogens is 2. The van der Waals surface area contributed by atoms with Crippen molar-refractivity contribution in [2.75, 3.05) is 0 Å². The van der Waals surface area contributed by atoms with Gasteiger partial charge in [0.25, 0.3) is 0 Å². The van der Waals surface area contributed by atoms with Crippen molar-refractivity contribution >= 4 is 12.4 Å². The van der Waals surface area contributed by atoms with E-state index < -0.39 is 0 Å². The number of H-pyrrole nitrogens is 1. The summed E-state index contributed by atoms with van der Waals surface area (Å²) < 4.78 is 6.08. The summed E-state index contributed by atoms with van der Waals surface area (Å²) in [5, 5.41) is 3.19. The molecule has 1 aromatic heterocycles. The molecule has 118 valence electrons. The molecular weight excluding hydrogens is 302 g/mol. The second-order valence-corrected chi connectivity index (χ2v) is 5.48. The van der Waals surface area contributed by atoms with Gasteiger partial charge in [0.2, 0.25) is 0 Å². The summed E-state index contributed by atoms with van der Waals surface area (Å²) in [5.74, 6) is 2.18. The minimum Gasteiger partial charge on any atom is -0.457 e. The molecule has 24 heavy (non-hydrogen) atoms. The first kappa shape index (κ1) is 14.3. The Morgan fingerprint density at radius 2 is 2.08 bits per heavy atom. The molecule has 5 nitrogen and oxygen atoms in total. The summed E-state index contributed by atoms with van der Waals surface area (Å²) in [6.45, 7) is 0.796. The SMILES string of the molecule is O=Cc1cnc(-c2cccc(Oc3cccc4c3C=CNC4)c2)[nH]1. The van der Waals surface area contributed by atoms with E-state index in [1.54, 1.807) is 0 Å². The molecule has 0 amide bonds. The molecule has 5 heteroatoms. The summed E-state index contributed by atoms with van der Waals surface area (Å²) in [4.78, 5) is 18.0. The molecule has 0 bridgehead atoms. The molecule has 2 N–H and O–H groups in total. The molecule has 1 aliphatic heterocycles. The van der Waals surface area contributed by atoms with E-state index in [-0.39, 0.29) is 0 Å². The third-order valence-corrected chi connectivity index (χ3v) is 3.87. The van der Waals surface area contributed by atoms with E-state index in [1.807, 2.05) is 48.7 Å². The van der Waals surface area contributed by atoms with Crippen molar-refractivity contribution in [2.24, 2.45) is 0 Å². The van der Waals surface area contributed by atoms with Crippen molar-refractivity contribution in [2.45, 2.75) is 6.54 Å². The molecule has 0 spiro atoms. The Morgan fingerprint density at radius 1 is 1.17 bits per heavy atom. The van der Waals surface area contributed by atoms with Crippen molar-refractivity contribution in [3.05, 3.63) is 71.7 Å². The highest BCUT2D eigenvalue weighted by Crippen LogP contribution is 2.31. The first-order chi connectivity index (χ1) is 11.8. The quantitative estimate of drug-likeness (QED) is 0.719. The fourth-order valence-electron chi connectivity index (χ4n) is 2.71. The Kier molecular flexibility index (Phi) is 3.59. The number of aromatic amines is 1. The van der Waals surface area contributed by atoms with Crippen LogP contribution in [0.2, 0.25) is 0 Å². The van der Waals surface area contributed by atoms with Crippen LogP contribution in [0.25, 0.3) is 17.5 Å². The number of carbonyl (C=O) groups is 1. The van der Waals surface area contributed by atoms with E-state index in [9.17, 15) is 4.79 Å². The van der Waals surface area contributed by atoms with Gasteiger partial charge in [0.05, 0.1) is 11.9 Å². The van der Waals surface area contributed by atoms with Gasteiger partial charge in [0.1, 0.15) is 17.3 Å². The predicted molar refractivity (Wildman–Crippen MR) is 91.8 cm³/mol. The first-order valence-electron chi connectivity index (χ1n) is 7.64. The standard InChI is InChI=1S/C19H15N3O2/c23-12-15-11-21-19(22-15)13-3-1-5-16(9-13)24-18-6-2-4-14-10-20-8-7-17(14)18/h1-9,11-12,20H,10H2,(H,21,22). The number of fused-ring (bicyclic) bond motifs is 1. The lowest BCUT2D eigenvalue weighted by Crippen LogP contribution is -2.10. The van der Waals surface area contributed by atoms with Gasteiger partial charge < -0.3 is 15.0 Å². The van der Waals surface area contributed by atoms with Gasteiger partial charge >= 0.3 is 0 Å². The van der Waals surface area contributed by atoms with Gasteiger partial charge in [-0.2, -0.15) is 0 Å². The van der Waals surface area contributed by atoms with Crippen LogP contribution in [0, 0.1) is 0 Å². The Labute approximate surface area is 139 Å². The molecule has 2 aromatic carbocycles. The number of imidazole rings is 1. The maximum atomic E-state index is 10.8. The molecule has 4 rings (SSSR count). The Hall–Kier alpha value is -3.34. The molecule has 0 fully saturated rings. The summed E-state index contributed by atoms with van der Waals surface area (Å²) in [7, 11) is 0. The summed E-state index contributed by atoms with van der Waals surface area (Å²) in [6, 6.07) is 13.7. The maximum Gasteiger partial charge on any atom is 0.167 e. The highest BCUT2D eigenvalue weighted by atomic mass is 16.5. The van der Waals surface area contributed by atoms with Gasteiger partial charge in [-0.3, -0.25) is 4.79 Å². The second kappa shape index (κ2) is 6.04. The summed E-state index contributed by atoms with van der Waals surface area (Å²) >= 11 is 0. The highest BCUT2D eigenvalue weighted by molar-refractivity contribution is 5.73. The average molecular weight is 317 g/mol. The molecule has 0 saturated carbocycles. The predicted octanol–water partition coefficient (Wildman–Crippen LogP) is 3.76. The van der Waals surface area contributed by atoms with Crippen molar-refractivity contribution in [3.63, 3.8) is 0 Å². The van der Waals surface area contributed by atoms with Crippen LogP contribution < -0.4 is 10.1 Å². The van der Waals surface area contributed by atoms with E-state index in [0.717, 1.165) is 35.5 Å². The highest BCUT2D eigenvalue weighted by Gasteiger charge is 2.11. The normalized spacial score (nSPS) is 12.3. The minimum absolute atomic E-state index is 0.450. The van der Waals surface area contributed by atoms with E-state index in [4.69, 9.17) is 4.74 Å². The van der Waals surface area contributed by atoms with Crippen LogP contribution >= 0.6 is 0 Å². The van der Waals surface area contributed by atoms with Crippen molar-refractivity contribution in [1.29, 1.82) is 0 Å². The van der Waals surface area contributed by atoms with E-state index >= 15 is 0 Å². The Bertz CT molecular complexity index is 928. The van der Waals surface area contributed by atoms with Gasteiger partial charge in [-0.15, -0.1) is 0 Å². The third kappa shape index (κ3) is 2.67. The number of nitrogens with one attached hydrogen (secondary N) is 2. The zero-order valence-corrected chi connectivity index (χ0v) is 12.8. The zero-order valence-electron chi connectivity index (χ0n) is 12.8. The molecule has 1 aliphatic rings. The van der Waals surface area contributed by atoms with Gasteiger partial charge in [0.15, 0.2) is 6.29 Å². The fraction of sp³-hybridized carbons (Fsp3) is 0.0526. The van der Waals surface area contributed by atoms with Crippen molar-refractivity contribution in [1.82, 2.24) is 15.3 Å². The molecule has 3 aromatic rings. The van der Waals surface area contributed by atoms with Crippen LogP contribution in [-0.2, 0) is 6.54 Å². The number of ether oxygens (including phenoxy) is 1. The second-order valence-electron chi connectivity index (χ2n) is 5.48. The smallest absolute Gasteiger partial charge is 0.167 e. The Balaban J connectivity index is 1.66. The average Bonchev–Trinajstić information content (AvgIpc) is 3.12. The van der Waals surface area contributed by atoms with Crippen LogP contribution in [0.3, 0.4) is 0 Å². The molecule has 0 radical (unpaired) electrons. The van der Waals surface area contributed by atoms with Gasteiger partial charge in [0, 0.05) is 17.7 Å². The molecular formula is C19H15N3O2. The lowest BCUT2D eigenvalue weighted by atomic mass is 10.0. The van der Waals surface area contributed by atoms with Crippen LogP contribution in [0.15, 0.2) is 54.9 Å². The molecule has 0 aliphatic carbocycles. The van der Waals surface area contributed by atoms with E-state index in [1.165, 1.54) is 11.8 Å². The van der Waals surface area contributed by atoms with Crippen molar-refractivity contribution < 1.29 is 9.53 Å². The number of carbonyl (C=O) groups excluding carboxylic acids is 1. The molecule has 0 atom stereocenters. The van der Waals surface area contributed by atoms with Gasteiger partial charge in [-0.1, -0.05) is 24.3 Å². The summed E-state index contributed by atoms with van der Waals surface area (Å²) in [6.07, 6.45) is 6.20. The zero-order chi connectivity index (χ0) is 16.4. The number of hydrogen-bond donors (Lipinski definition) is 2. The van der Waals surface area contributed by atoms with Crippen LogP contribution in [0.4, 0.5) is 0 Å². The lowest BCUT2D eigenvalue weighted by Gasteiger charge is -2.16.